The van der Waals surface area contributed by atoms with Crippen LogP contribution in [0.4, 0.5) is 10.8 Å². The van der Waals surface area contributed by atoms with Crippen LogP contribution in [0.15, 0.2) is 35.8 Å². The van der Waals surface area contributed by atoms with E-state index in [2.05, 4.69) is 15.6 Å². The Morgan fingerprint density at radius 2 is 2.26 bits per heavy atom. The first kappa shape index (κ1) is 13.4. The molecule has 1 heterocycles. The van der Waals surface area contributed by atoms with Crippen LogP contribution in [0.2, 0.25) is 0 Å². The van der Waals surface area contributed by atoms with Crippen molar-refractivity contribution in [2.75, 3.05) is 17.7 Å². The molecule has 2 aromatic rings. The van der Waals surface area contributed by atoms with Crippen LogP contribution < -0.4 is 15.4 Å². The lowest BCUT2D eigenvalue weighted by Crippen LogP contribution is -2.27. The maximum Gasteiger partial charge on any atom is 0.285 e. The first-order valence-corrected chi connectivity index (χ1v) is 6.63. The maximum atomic E-state index is 11.8. The zero-order valence-electron chi connectivity index (χ0n) is 10.0. The van der Waals surface area contributed by atoms with E-state index in [-0.39, 0.29) is 4.99 Å². The molecule has 0 saturated heterocycles. The number of methoxy groups -OCH3 is 1. The van der Waals surface area contributed by atoms with Crippen molar-refractivity contribution >= 4 is 45.3 Å². The second-order valence-electron chi connectivity index (χ2n) is 3.48. The van der Waals surface area contributed by atoms with Crippen molar-refractivity contribution in [3.63, 3.8) is 0 Å². The minimum Gasteiger partial charge on any atom is -0.497 e. The van der Waals surface area contributed by atoms with Crippen LogP contribution in [-0.4, -0.2) is 23.0 Å². The molecule has 7 heteroatoms. The highest BCUT2D eigenvalue weighted by Crippen LogP contribution is 2.17. The number of nitrogens with zero attached hydrogens (tertiary/aromatic N) is 1. The Kier molecular flexibility index (Phi) is 4.43. The van der Waals surface area contributed by atoms with E-state index in [1.54, 1.807) is 30.8 Å². The van der Waals surface area contributed by atoms with Gasteiger partial charge in [0.15, 0.2) is 10.1 Å². The second-order valence-corrected chi connectivity index (χ2v) is 4.78. The van der Waals surface area contributed by atoms with Gasteiger partial charge in [0.05, 0.1) is 7.11 Å². The van der Waals surface area contributed by atoms with Crippen LogP contribution in [-0.2, 0) is 4.79 Å². The van der Waals surface area contributed by atoms with Gasteiger partial charge in [-0.1, -0.05) is 18.3 Å². The van der Waals surface area contributed by atoms with Crippen LogP contribution in [0, 0.1) is 0 Å². The number of carbonyl (C=O) groups is 1. The number of anilines is 2. The average Bonchev–Trinajstić information content (AvgIpc) is 2.91. The molecule has 19 heavy (non-hydrogen) atoms. The molecule has 0 unspecified atom stereocenters. The average molecular weight is 293 g/mol. The Bertz CT molecular complexity index is 584. The number of amides is 1. The number of thiocarbonyl (C=S) groups is 1. The summed E-state index contributed by atoms with van der Waals surface area (Å²) in [7, 11) is 1.58. The standard InChI is InChI=1S/C12H11N3O2S2/c1-17-9-4-2-3-8(7-9)14-11(18)10(16)15-12-13-5-6-19-12/h2-7H,1H3,(H,14,18)(H,13,15,16). The number of carbonyl (C=O) groups excluding carboxylic acids is 1. The van der Waals surface area contributed by atoms with Crippen molar-refractivity contribution in [3.05, 3.63) is 35.8 Å². The summed E-state index contributed by atoms with van der Waals surface area (Å²) >= 11 is 6.35. The van der Waals surface area contributed by atoms with Crippen LogP contribution in [0.3, 0.4) is 0 Å². The SMILES string of the molecule is COc1cccc(NC(=S)C(=O)Nc2nccs2)c1. The van der Waals surface area contributed by atoms with Gasteiger partial charge in [0.25, 0.3) is 5.91 Å². The smallest absolute Gasteiger partial charge is 0.285 e. The zero-order chi connectivity index (χ0) is 13.7. The van der Waals surface area contributed by atoms with Crippen LogP contribution in [0.5, 0.6) is 5.75 Å². The fourth-order valence-electron chi connectivity index (χ4n) is 1.33. The Balaban J connectivity index is 1.98. The summed E-state index contributed by atoms with van der Waals surface area (Å²) in [5, 5.41) is 7.73. The van der Waals surface area contributed by atoms with Gasteiger partial charge in [0.2, 0.25) is 0 Å². The lowest BCUT2D eigenvalue weighted by molar-refractivity contribution is -0.110. The molecular weight excluding hydrogens is 282 g/mol. The molecule has 0 aliphatic rings. The predicted molar refractivity (Wildman–Crippen MR) is 80.0 cm³/mol. The summed E-state index contributed by atoms with van der Waals surface area (Å²) in [6.45, 7) is 0. The van der Waals surface area contributed by atoms with Gasteiger partial charge < -0.3 is 10.1 Å². The summed E-state index contributed by atoms with van der Waals surface area (Å²) in [5.74, 6) is 0.293. The van der Waals surface area contributed by atoms with E-state index in [4.69, 9.17) is 17.0 Å². The number of thiazole rings is 1. The molecule has 0 bridgehead atoms. The van der Waals surface area contributed by atoms with Gasteiger partial charge in [-0.2, -0.15) is 0 Å². The maximum absolute atomic E-state index is 11.8. The molecule has 1 aromatic carbocycles. The number of aromatic nitrogens is 1. The molecule has 1 amide bonds. The molecule has 0 saturated carbocycles. The third kappa shape index (κ3) is 3.73. The summed E-state index contributed by atoms with van der Waals surface area (Å²) in [4.78, 5) is 15.8. The summed E-state index contributed by atoms with van der Waals surface area (Å²) in [5.41, 5.74) is 0.693. The van der Waals surface area contributed by atoms with E-state index in [0.717, 1.165) is 0 Å². The van der Waals surface area contributed by atoms with E-state index < -0.39 is 5.91 Å². The Morgan fingerprint density at radius 3 is 2.95 bits per heavy atom. The van der Waals surface area contributed by atoms with E-state index in [9.17, 15) is 4.79 Å². The molecule has 1 aromatic heterocycles. The Morgan fingerprint density at radius 1 is 1.42 bits per heavy atom. The molecule has 0 radical (unpaired) electrons. The highest BCUT2D eigenvalue weighted by Gasteiger charge is 2.11. The van der Waals surface area contributed by atoms with Gasteiger partial charge >= 0.3 is 0 Å². The molecule has 0 spiro atoms. The van der Waals surface area contributed by atoms with E-state index >= 15 is 0 Å². The van der Waals surface area contributed by atoms with Crippen LogP contribution >= 0.6 is 23.6 Å². The number of benzene rings is 1. The summed E-state index contributed by atoms with van der Waals surface area (Å²) in [6.07, 6.45) is 1.61. The predicted octanol–water partition coefficient (Wildman–Crippen LogP) is 2.53. The number of rotatable bonds is 3. The topological polar surface area (TPSA) is 63.2 Å². The van der Waals surface area contributed by atoms with E-state index in [0.29, 0.717) is 16.6 Å². The number of nitrogens with one attached hydrogen (secondary N) is 2. The highest BCUT2D eigenvalue weighted by molar-refractivity contribution is 7.82. The van der Waals surface area contributed by atoms with E-state index in [1.165, 1.54) is 11.3 Å². The number of ether oxygens (including phenoxy) is 1. The third-order valence-corrected chi connectivity index (χ3v) is 3.16. The molecule has 0 atom stereocenters. The summed E-state index contributed by atoms with van der Waals surface area (Å²) in [6, 6.07) is 7.17. The van der Waals surface area contributed by atoms with Crippen molar-refractivity contribution in [2.24, 2.45) is 0 Å². The largest absolute Gasteiger partial charge is 0.497 e. The molecule has 2 N–H and O–H groups in total. The second kappa shape index (κ2) is 6.26. The van der Waals surface area contributed by atoms with Gasteiger partial charge in [0, 0.05) is 23.3 Å². The first-order valence-electron chi connectivity index (χ1n) is 5.35. The minimum absolute atomic E-state index is 0.0726. The van der Waals surface area contributed by atoms with Gasteiger partial charge in [-0.3, -0.25) is 10.1 Å². The molecule has 98 valence electrons. The zero-order valence-corrected chi connectivity index (χ0v) is 11.7. The quantitative estimate of drug-likeness (QED) is 0.851. The molecule has 5 nitrogen and oxygen atoms in total. The van der Waals surface area contributed by atoms with Crippen LogP contribution in [0.1, 0.15) is 0 Å². The fraction of sp³-hybridized carbons (Fsp3) is 0.0833. The lowest BCUT2D eigenvalue weighted by Gasteiger charge is -2.08. The number of hydrogen-bond donors (Lipinski definition) is 2. The van der Waals surface area contributed by atoms with E-state index in [1.807, 2.05) is 12.1 Å². The molecule has 0 fully saturated rings. The first-order chi connectivity index (χ1) is 9.19. The molecular formula is C12H11N3O2S2. The lowest BCUT2D eigenvalue weighted by atomic mass is 10.3. The number of hydrogen-bond acceptors (Lipinski definition) is 5. The molecule has 0 aliphatic carbocycles. The van der Waals surface area contributed by atoms with Crippen molar-refractivity contribution in [1.82, 2.24) is 4.98 Å². The van der Waals surface area contributed by atoms with Gasteiger partial charge in [-0.05, 0) is 12.1 Å². The van der Waals surface area contributed by atoms with Gasteiger partial charge in [-0.25, -0.2) is 4.98 Å². The van der Waals surface area contributed by atoms with Crippen molar-refractivity contribution < 1.29 is 9.53 Å². The third-order valence-electron chi connectivity index (χ3n) is 2.19. The van der Waals surface area contributed by atoms with Gasteiger partial charge in [0.1, 0.15) is 5.75 Å². The van der Waals surface area contributed by atoms with Gasteiger partial charge in [-0.15, -0.1) is 11.3 Å². The fourth-order valence-corrected chi connectivity index (χ4v) is 2.02. The Hall–Kier alpha value is -1.99. The highest BCUT2D eigenvalue weighted by atomic mass is 32.1. The Labute approximate surface area is 119 Å². The van der Waals surface area contributed by atoms with Crippen molar-refractivity contribution in [3.8, 4) is 5.75 Å². The summed E-state index contributed by atoms with van der Waals surface area (Å²) < 4.78 is 5.09. The molecule has 0 aliphatic heterocycles. The van der Waals surface area contributed by atoms with Crippen LogP contribution in [0.25, 0.3) is 0 Å². The molecule has 2 rings (SSSR count). The minimum atomic E-state index is -0.396. The monoisotopic (exact) mass is 293 g/mol. The normalized spacial score (nSPS) is 9.74. The van der Waals surface area contributed by atoms with Crippen molar-refractivity contribution in [2.45, 2.75) is 0 Å². The van der Waals surface area contributed by atoms with Crippen molar-refractivity contribution in [1.29, 1.82) is 0 Å².